The third kappa shape index (κ3) is 365. The summed E-state index contributed by atoms with van der Waals surface area (Å²) >= 11 is 0. The molecular weight excluding hydrogens is 142 g/mol. The van der Waals surface area contributed by atoms with Crippen LogP contribution in [0.1, 0.15) is 0 Å². The fraction of sp³-hybridized carbons (Fsp3) is 0. The van der Waals surface area contributed by atoms with Crippen LogP contribution in [0.25, 0.3) is 0 Å². The van der Waals surface area contributed by atoms with Gasteiger partial charge < -0.3 is 27.4 Å². The fourth-order valence-electron chi connectivity index (χ4n) is 0. The van der Waals surface area contributed by atoms with E-state index in [1.54, 1.807) is 0 Å². The Bertz CT molecular complexity index is 8.04. The largest absolute Gasteiger partial charge is 3.00 e. The van der Waals surface area contributed by atoms with Gasteiger partial charge in [-0.15, -0.1) is 12.4 Å². The van der Waals surface area contributed by atoms with Crippen LogP contribution in [0.5, 0.6) is 0 Å². The van der Waals surface area contributed by atoms with Gasteiger partial charge in [0.15, 0.2) is 0 Å². The van der Waals surface area contributed by atoms with Crippen molar-refractivity contribution >= 4 is 29.8 Å². The Morgan fingerprint density at radius 3 is 0.571 bits per heavy atom. The van der Waals surface area contributed by atoms with Gasteiger partial charge in [0.05, 0.1) is 0 Å². The molecule has 0 atom stereocenters. The van der Waals surface area contributed by atoms with Crippen molar-refractivity contribution in [2.75, 3.05) is 0 Å². The molecule has 48 valence electrons. The van der Waals surface area contributed by atoms with Gasteiger partial charge >= 0.3 is 17.4 Å². The molecule has 0 unspecified atom stereocenters. The summed E-state index contributed by atoms with van der Waals surface area (Å²) in [5.74, 6) is 0. The molecule has 0 aliphatic rings. The Morgan fingerprint density at radius 1 is 0.571 bits per heavy atom. The predicted octanol–water partition coefficient (Wildman–Crippen LogP) is -2.14. The summed E-state index contributed by atoms with van der Waals surface area (Å²) < 4.78 is 0. The van der Waals surface area contributed by atoms with Crippen LogP contribution >= 0.6 is 12.4 Å². The van der Waals surface area contributed by atoms with Crippen LogP contribution in [0, 0.1) is 0 Å². The van der Waals surface area contributed by atoms with E-state index in [9.17, 15) is 0 Å². The quantitative estimate of drug-likeness (QED) is 0.362. The second-order valence-electron chi connectivity index (χ2n) is 0. The van der Waals surface area contributed by atoms with Crippen LogP contribution in [0.2, 0.25) is 0 Å². The molecule has 0 heterocycles. The summed E-state index contributed by atoms with van der Waals surface area (Å²) in [5, 5.41) is 0. The first kappa shape index (κ1) is 863. The third-order valence-corrected chi connectivity index (χ3v) is 0. The van der Waals surface area contributed by atoms with E-state index in [0.29, 0.717) is 0 Å². The first-order valence-corrected chi connectivity index (χ1v) is 0. The monoisotopic (exact) mass is 150 g/mol. The van der Waals surface area contributed by atoms with Crippen LogP contribution in [-0.2, 0) is 0 Å². The summed E-state index contributed by atoms with van der Waals surface area (Å²) in [6.07, 6.45) is 0. The van der Waals surface area contributed by atoms with Crippen molar-refractivity contribution in [1.82, 2.24) is 0 Å². The van der Waals surface area contributed by atoms with E-state index in [1.165, 1.54) is 0 Å². The summed E-state index contributed by atoms with van der Waals surface area (Å²) in [7, 11) is 0. The minimum atomic E-state index is 0. The van der Waals surface area contributed by atoms with E-state index in [0.717, 1.165) is 0 Å². The van der Waals surface area contributed by atoms with Crippen LogP contribution in [0.3, 0.4) is 0 Å². The van der Waals surface area contributed by atoms with Gasteiger partial charge in [-0.3, -0.25) is 0 Å². The Labute approximate surface area is 57.8 Å². The van der Waals surface area contributed by atoms with Crippen LogP contribution in [0.4, 0.5) is 0 Å². The molecule has 0 amide bonds. The van der Waals surface area contributed by atoms with E-state index < -0.39 is 0 Å². The zero-order valence-corrected chi connectivity index (χ0v) is 5.30. The molecule has 5 nitrogen and oxygen atoms in total. The van der Waals surface area contributed by atoms with Gasteiger partial charge in [-0.1, -0.05) is 0 Å². The van der Waals surface area contributed by atoms with Crippen molar-refractivity contribution in [1.29, 1.82) is 0 Å². The molecule has 0 bridgehead atoms. The zero-order valence-electron chi connectivity index (χ0n) is 3.33. The molecule has 7 N–H and O–H groups in total. The van der Waals surface area contributed by atoms with Gasteiger partial charge in [0.25, 0.3) is 0 Å². The molecule has 0 spiro atoms. The molecule has 0 aromatic heterocycles. The normalized spacial score (nSPS) is 0. The van der Waals surface area contributed by atoms with Gasteiger partial charge in [-0.25, -0.2) is 0 Å². The maximum Gasteiger partial charge on any atom is 3.00 e. The van der Waals surface area contributed by atoms with E-state index in [1.807, 2.05) is 0 Å². The van der Waals surface area contributed by atoms with Crippen molar-refractivity contribution < 1.29 is 27.4 Å². The van der Waals surface area contributed by atoms with Crippen LogP contribution in [-0.4, -0.2) is 44.7 Å². The van der Waals surface area contributed by atoms with Crippen molar-refractivity contribution in [3.05, 3.63) is 0 Å². The van der Waals surface area contributed by atoms with E-state index >= 15 is 0 Å². The number of hydrogen-bond donors (Lipinski definition) is 0. The summed E-state index contributed by atoms with van der Waals surface area (Å²) in [6, 6.07) is 0. The molecule has 0 aliphatic carbocycles. The topological polar surface area (TPSA) is 153 Å². The molecular formula is H8AlClO5. The van der Waals surface area contributed by atoms with Crippen molar-refractivity contribution in [2.45, 2.75) is 0 Å². The molecule has 7 heteroatoms. The third-order valence-electron chi connectivity index (χ3n) is 0. The van der Waals surface area contributed by atoms with Gasteiger partial charge in [0.2, 0.25) is 0 Å². The van der Waals surface area contributed by atoms with Gasteiger partial charge in [-0.05, 0) is 0 Å². The van der Waals surface area contributed by atoms with Gasteiger partial charge in [-0.2, -0.15) is 0 Å². The summed E-state index contributed by atoms with van der Waals surface area (Å²) in [5.41, 5.74) is 0. The average Bonchev–Trinajstić information content (AvgIpc) is 0. The average molecular weight is 150 g/mol. The molecule has 0 aliphatic heterocycles. The predicted molar refractivity (Wildman–Crippen MR) is 26.0 cm³/mol. The Balaban J connectivity index is 0. The Morgan fingerprint density at radius 2 is 0.571 bits per heavy atom. The molecule has 7 heavy (non-hydrogen) atoms. The molecule has 0 saturated carbocycles. The van der Waals surface area contributed by atoms with Gasteiger partial charge in [0, 0.05) is 0 Å². The van der Waals surface area contributed by atoms with Crippen molar-refractivity contribution in [2.24, 2.45) is 0 Å². The van der Waals surface area contributed by atoms with Gasteiger partial charge in [0.1, 0.15) is 0 Å². The molecule has 0 rings (SSSR count). The Kier molecular flexibility index (Phi) is 66600. The molecule has 0 aromatic carbocycles. The first-order valence-electron chi connectivity index (χ1n) is 0. The summed E-state index contributed by atoms with van der Waals surface area (Å²) in [6.45, 7) is 0. The number of hydrogen-bond acceptors (Lipinski definition) is 3. The van der Waals surface area contributed by atoms with Crippen LogP contribution in [0.15, 0.2) is 0 Å². The second kappa shape index (κ2) is 540. The maximum atomic E-state index is 0. The number of halogens is 1. The Hall–Kier alpha value is 0.622. The first-order chi connectivity index (χ1) is 0. The maximum absolute atomic E-state index is 0. The second-order valence-corrected chi connectivity index (χ2v) is 0. The fourth-order valence-corrected chi connectivity index (χ4v) is 0. The minimum absolute atomic E-state index is 0. The van der Waals surface area contributed by atoms with Crippen LogP contribution < -0.4 is 0 Å². The minimum Gasteiger partial charge on any atom is -0.870 e. The SMILES string of the molecule is Cl.O.O.[Al+3].[OH-].[OH-].[OH-]. The number of rotatable bonds is 0. The smallest absolute Gasteiger partial charge is 0.870 e. The van der Waals surface area contributed by atoms with Crippen molar-refractivity contribution in [3.8, 4) is 0 Å². The molecule has 0 aromatic rings. The molecule has 0 radical (unpaired) electrons. The molecule has 0 saturated heterocycles. The summed E-state index contributed by atoms with van der Waals surface area (Å²) in [4.78, 5) is 0. The molecule has 0 fully saturated rings. The standard InChI is InChI=1S/Al.ClH.5H2O/h;1H;5*1H2/q+3;;;;;;/p-3. The van der Waals surface area contributed by atoms with Crippen molar-refractivity contribution in [3.63, 3.8) is 0 Å². The zero-order chi connectivity index (χ0) is 0. The van der Waals surface area contributed by atoms with E-state index in [-0.39, 0.29) is 57.1 Å². The van der Waals surface area contributed by atoms with E-state index in [2.05, 4.69) is 0 Å². The van der Waals surface area contributed by atoms with E-state index in [4.69, 9.17) is 0 Å².